The van der Waals surface area contributed by atoms with E-state index in [0.717, 1.165) is 18.4 Å². The van der Waals surface area contributed by atoms with E-state index in [1.54, 1.807) is 18.2 Å². The van der Waals surface area contributed by atoms with Crippen molar-refractivity contribution in [3.63, 3.8) is 0 Å². The molecule has 2 aromatic carbocycles. The van der Waals surface area contributed by atoms with Crippen LogP contribution in [0.1, 0.15) is 31.2 Å². The summed E-state index contributed by atoms with van der Waals surface area (Å²) in [6, 6.07) is 7.91. The van der Waals surface area contributed by atoms with E-state index in [0.29, 0.717) is 40.7 Å². The summed E-state index contributed by atoms with van der Waals surface area (Å²) in [5.74, 6) is 1.38. The van der Waals surface area contributed by atoms with Crippen LogP contribution >= 0.6 is 0 Å². The number of primary sulfonamides is 1. The van der Waals surface area contributed by atoms with E-state index in [-0.39, 0.29) is 17.9 Å². The number of carbonyl (C=O) groups is 1. The third kappa shape index (κ3) is 5.60. The van der Waals surface area contributed by atoms with Crippen LogP contribution in [0.4, 0.5) is 0 Å². The number of nitrogens with two attached hydrogens (primary N) is 1. The molecule has 0 unspecified atom stereocenters. The Kier molecular flexibility index (Phi) is 8.00. The highest BCUT2D eigenvalue weighted by molar-refractivity contribution is 7.89. The number of aryl methyl sites for hydroxylation is 1. The van der Waals surface area contributed by atoms with Crippen LogP contribution in [0.5, 0.6) is 17.2 Å². The monoisotopic (exact) mass is 491 g/mol. The first-order valence-corrected chi connectivity index (χ1v) is 12.2. The van der Waals surface area contributed by atoms with Crippen molar-refractivity contribution in [2.45, 2.75) is 44.2 Å². The molecular formula is C23H29N3O7S. The highest BCUT2D eigenvalue weighted by atomic mass is 32.2. The lowest BCUT2D eigenvalue weighted by molar-refractivity contribution is -0.144. The first-order valence-electron chi connectivity index (χ1n) is 10.7. The Morgan fingerprint density at radius 3 is 2.29 bits per heavy atom. The Hall–Kier alpha value is -3.31. The molecule has 0 fully saturated rings. The van der Waals surface area contributed by atoms with Gasteiger partial charge in [-0.2, -0.15) is 0 Å². The molecule has 0 amide bonds. The molecule has 3 rings (SSSR count). The Balaban J connectivity index is 1.82. The topological polar surface area (TPSA) is 132 Å². The average Bonchev–Trinajstić information content (AvgIpc) is 3.16. The van der Waals surface area contributed by atoms with Crippen LogP contribution in [0.2, 0.25) is 0 Å². The molecule has 0 atom stereocenters. The lowest BCUT2D eigenvalue weighted by Gasteiger charge is -2.14. The smallest absolute Gasteiger partial charge is 0.310 e. The van der Waals surface area contributed by atoms with Crippen molar-refractivity contribution in [3.8, 4) is 17.2 Å². The summed E-state index contributed by atoms with van der Waals surface area (Å²) < 4.78 is 46.8. The van der Waals surface area contributed by atoms with Gasteiger partial charge in [0, 0.05) is 6.54 Å². The molecule has 184 valence electrons. The molecule has 0 radical (unpaired) electrons. The zero-order valence-corrected chi connectivity index (χ0v) is 20.5. The second kappa shape index (κ2) is 10.7. The van der Waals surface area contributed by atoms with Gasteiger partial charge in [-0.15, -0.1) is 0 Å². The summed E-state index contributed by atoms with van der Waals surface area (Å²) in [7, 11) is 0.652. The quantitative estimate of drug-likeness (QED) is 0.405. The lowest BCUT2D eigenvalue weighted by Crippen LogP contribution is -2.12. The minimum absolute atomic E-state index is 0.0124. The number of benzene rings is 2. The molecule has 10 nitrogen and oxygen atoms in total. The Labute approximate surface area is 198 Å². The molecule has 2 N–H and O–H groups in total. The summed E-state index contributed by atoms with van der Waals surface area (Å²) in [6.07, 6.45) is 1.82. The highest BCUT2D eigenvalue weighted by Gasteiger charge is 2.18. The molecule has 1 heterocycles. The number of esters is 1. The van der Waals surface area contributed by atoms with Crippen LogP contribution in [-0.2, 0) is 39.1 Å². The third-order valence-corrected chi connectivity index (χ3v) is 6.21. The van der Waals surface area contributed by atoms with Crippen LogP contribution < -0.4 is 19.3 Å². The van der Waals surface area contributed by atoms with Crippen LogP contribution in [0.15, 0.2) is 35.2 Å². The van der Waals surface area contributed by atoms with Gasteiger partial charge in [-0.25, -0.2) is 18.5 Å². The summed E-state index contributed by atoms with van der Waals surface area (Å²) in [4.78, 5) is 17.1. The molecule has 0 aliphatic rings. The number of imidazole rings is 1. The molecule has 0 aliphatic carbocycles. The number of ether oxygens (including phenoxy) is 4. The van der Waals surface area contributed by atoms with Crippen molar-refractivity contribution in [2.75, 3.05) is 21.3 Å². The van der Waals surface area contributed by atoms with Gasteiger partial charge in [-0.1, -0.05) is 13.3 Å². The predicted molar refractivity (Wildman–Crippen MR) is 126 cm³/mol. The van der Waals surface area contributed by atoms with Gasteiger partial charge in [0.25, 0.3) is 0 Å². The highest BCUT2D eigenvalue weighted by Crippen LogP contribution is 2.38. The minimum atomic E-state index is -3.86. The molecule has 11 heteroatoms. The van der Waals surface area contributed by atoms with Crippen molar-refractivity contribution >= 4 is 27.0 Å². The van der Waals surface area contributed by atoms with Crippen molar-refractivity contribution in [2.24, 2.45) is 5.14 Å². The van der Waals surface area contributed by atoms with E-state index in [1.807, 2.05) is 4.57 Å². The Morgan fingerprint density at radius 1 is 1.06 bits per heavy atom. The normalized spacial score (nSPS) is 11.4. The molecule has 0 aliphatic heterocycles. The summed E-state index contributed by atoms with van der Waals surface area (Å²) in [5.41, 5.74) is 1.85. The van der Waals surface area contributed by atoms with Gasteiger partial charge in [0.05, 0.1) is 43.7 Å². The number of sulfonamides is 1. The Bertz CT molecular complexity index is 1260. The van der Waals surface area contributed by atoms with E-state index in [2.05, 4.69) is 11.9 Å². The molecule has 0 saturated carbocycles. The second-order valence-electron chi connectivity index (χ2n) is 7.60. The number of nitrogens with zero attached hydrogens (tertiary/aromatic N) is 2. The van der Waals surface area contributed by atoms with E-state index in [4.69, 9.17) is 24.1 Å². The van der Waals surface area contributed by atoms with Crippen molar-refractivity contribution in [1.29, 1.82) is 0 Å². The number of hydrogen-bond acceptors (Lipinski definition) is 8. The molecule has 0 spiro atoms. The van der Waals surface area contributed by atoms with E-state index in [1.165, 1.54) is 33.5 Å². The number of unbranched alkanes of at least 4 members (excludes halogenated alkanes) is 1. The molecule has 3 aromatic rings. The lowest BCUT2D eigenvalue weighted by atomic mass is 10.1. The van der Waals surface area contributed by atoms with E-state index < -0.39 is 16.0 Å². The number of aromatic nitrogens is 2. The first-order chi connectivity index (χ1) is 16.2. The number of rotatable bonds is 11. The van der Waals surface area contributed by atoms with Gasteiger partial charge >= 0.3 is 5.97 Å². The molecule has 0 bridgehead atoms. The maximum atomic E-state index is 12.6. The zero-order valence-electron chi connectivity index (χ0n) is 19.7. The summed E-state index contributed by atoms with van der Waals surface area (Å²) >= 11 is 0. The maximum Gasteiger partial charge on any atom is 0.310 e. The fraction of sp³-hybridized carbons (Fsp3) is 0.391. The molecule has 1 aromatic heterocycles. The molecular weight excluding hydrogens is 462 g/mol. The van der Waals surface area contributed by atoms with Crippen LogP contribution in [0, 0.1) is 0 Å². The largest absolute Gasteiger partial charge is 0.493 e. The van der Waals surface area contributed by atoms with Crippen molar-refractivity contribution in [1.82, 2.24) is 9.55 Å². The number of carbonyl (C=O) groups excluding carboxylic acids is 1. The van der Waals surface area contributed by atoms with Gasteiger partial charge in [-0.05, 0) is 42.3 Å². The summed E-state index contributed by atoms with van der Waals surface area (Å²) in [6.45, 7) is 2.66. The van der Waals surface area contributed by atoms with E-state index in [9.17, 15) is 13.2 Å². The van der Waals surface area contributed by atoms with Gasteiger partial charge in [0.15, 0.2) is 11.5 Å². The maximum absolute atomic E-state index is 12.6. The second-order valence-corrected chi connectivity index (χ2v) is 9.16. The first kappa shape index (κ1) is 25.3. The number of methoxy groups -OCH3 is 3. The van der Waals surface area contributed by atoms with Crippen LogP contribution in [0.25, 0.3) is 11.0 Å². The fourth-order valence-corrected chi connectivity index (χ4v) is 4.15. The summed E-state index contributed by atoms with van der Waals surface area (Å²) in [5, 5.41) is 5.25. The van der Waals surface area contributed by atoms with Gasteiger partial charge in [-0.3, -0.25) is 4.79 Å². The number of hydrogen-bond donors (Lipinski definition) is 1. The standard InChI is InChI=1S/C23H29N3O7S/c1-5-6-9-26-18-8-7-16(34(24,28)29)13-17(18)25-21(26)14-33-22(27)12-15-10-19(30-2)23(32-4)20(11-15)31-3/h7-8,10-11,13H,5-6,9,12,14H2,1-4H3,(H2,24,28,29). The molecule has 34 heavy (non-hydrogen) atoms. The SMILES string of the molecule is CCCCn1c(COC(=O)Cc2cc(OC)c(OC)c(OC)c2)nc2cc(S(N)(=O)=O)ccc21. The van der Waals surface area contributed by atoms with Gasteiger partial charge < -0.3 is 23.5 Å². The minimum Gasteiger partial charge on any atom is -0.493 e. The van der Waals surface area contributed by atoms with Crippen molar-refractivity contribution in [3.05, 3.63) is 41.7 Å². The average molecular weight is 492 g/mol. The van der Waals surface area contributed by atoms with Crippen LogP contribution in [-0.4, -0.2) is 45.3 Å². The number of fused-ring (bicyclic) bond motifs is 1. The molecule has 0 saturated heterocycles. The van der Waals surface area contributed by atoms with Crippen LogP contribution in [0.3, 0.4) is 0 Å². The Morgan fingerprint density at radius 2 is 1.74 bits per heavy atom. The van der Waals surface area contributed by atoms with Gasteiger partial charge in [0.2, 0.25) is 15.8 Å². The third-order valence-electron chi connectivity index (χ3n) is 5.30. The van der Waals surface area contributed by atoms with E-state index >= 15 is 0 Å². The van der Waals surface area contributed by atoms with Crippen molar-refractivity contribution < 1.29 is 32.2 Å². The fourth-order valence-electron chi connectivity index (χ4n) is 3.61. The van der Waals surface area contributed by atoms with Gasteiger partial charge in [0.1, 0.15) is 12.4 Å². The zero-order chi connectivity index (χ0) is 24.9. The predicted octanol–water partition coefficient (Wildman–Crippen LogP) is 2.80.